The fourth-order valence-electron chi connectivity index (χ4n) is 2.06. The van der Waals surface area contributed by atoms with Crippen LogP contribution in [0.25, 0.3) is 0 Å². The molecule has 1 rings (SSSR count). The molecule has 0 fully saturated rings. The molecule has 1 aromatic heterocycles. The SMILES string of the molecule is CCNC(=NCC(=O)NC(C)(C)C)NCCCc1cn[nH]c1C.I. The van der Waals surface area contributed by atoms with Crippen LogP contribution < -0.4 is 16.0 Å². The Labute approximate surface area is 161 Å². The van der Waals surface area contributed by atoms with Gasteiger partial charge in [0.05, 0.1) is 6.20 Å². The first-order valence-corrected chi connectivity index (χ1v) is 8.14. The number of H-pyrrole nitrogens is 1. The fraction of sp³-hybridized carbons (Fsp3) is 0.688. The van der Waals surface area contributed by atoms with Crippen LogP contribution in [0.4, 0.5) is 0 Å². The Hall–Kier alpha value is -1.32. The normalized spacial score (nSPS) is 11.6. The number of rotatable bonds is 7. The predicted molar refractivity (Wildman–Crippen MR) is 109 cm³/mol. The molecular weight excluding hydrogens is 419 g/mol. The van der Waals surface area contributed by atoms with E-state index in [-0.39, 0.29) is 42.0 Å². The van der Waals surface area contributed by atoms with Crippen LogP contribution in [0, 0.1) is 6.92 Å². The second-order valence-electron chi connectivity index (χ2n) is 6.54. The van der Waals surface area contributed by atoms with Gasteiger partial charge in [0, 0.05) is 24.3 Å². The van der Waals surface area contributed by atoms with Crippen molar-refractivity contribution >= 4 is 35.8 Å². The van der Waals surface area contributed by atoms with Crippen molar-refractivity contribution in [2.45, 2.75) is 53.0 Å². The minimum Gasteiger partial charge on any atom is -0.357 e. The maximum absolute atomic E-state index is 11.8. The fourth-order valence-corrected chi connectivity index (χ4v) is 2.06. The van der Waals surface area contributed by atoms with Gasteiger partial charge in [0.25, 0.3) is 0 Å². The smallest absolute Gasteiger partial charge is 0.242 e. The second-order valence-corrected chi connectivity index (χ2v) is 6.54. The summed E-state index contributed by atoms with van der Waals surface area (Å²) < 4.78 is 0. The lowest BCUT2D eigenvalue weighted by molar-refractivity contribution is -0.121. The molecule has 1 heterocycles. The van der Waals surface area contributed by atoms with E-state index in [2.05, 4.69) is 31.1 Å². The molecule has 0 unspecified atom stereocenters. The molecule has 1 aromatic rings. The number of carbonyl (C=O) groups is 1. The highest BCUT2D eigenvalue weighted by Crippen LogP contribution is 2.04. The molecule has 24 heavy (non-hydrogen) atoms. The van der Waals surface area contributed by atoms with Crippen molar-refractivity contribution < 1.29 is 4.79 Å². The molecule has 4 N–H and O–H groups in total. The number of aryl methyl sites for hydroxylation is 2. The topological polar surface area (TPSA) is 94.2 Å². The Kier molecular flexibility index (Phi) is 10.7. The minimum atomic E-state index is -0.235. The number of aliphatic imine (C=N–C) groups is 1. The molecule has 0 spiro atoms. The van der Waals surface area contributed by atoms with Gasteiger partial charge in [0.1, 0.15) is 6.54 Å². The largest absolute Gasteiger partial charge is 0.357 e. The molecular formula is C16H31IN6O. The number of guanidine groups is 1. The Bertz CT molecular complexity index is 521. The van der Waals surface area contributed by atoms with Crippen molar-refractivity contribution in [2.24, 2.45) is 4.99 Å². The van der Waals surface area contributed by atoms with Crippen LogP contribution in [0.5, 0.6) is 0 Å². The maximum Gasteiger partial charge on any atom is 0.242 e. The van der Waals surface area contributed by atoms with Crippen molar-refractivity contribution in [2.75, 3.05) is 19.6 Å². The van der Waals surface area contributed by atoms with Crippen LogP contribution in [-0.4, -0.2) is 47.2 Å². The average molecular weight is 450 g/mol. The summed E-state index contributed by atoms with van der Waals surface area (Å²) in [5, 5.41) is 16.2. The number of nitrogens with zero attached hydrogens (tertiary/aromatic N) is 2. The molecule has 138 valence electrons. The lowest BCUT2D eigenvalue weighted by Crippen LogP contribution is -2.43. The zero-order valence-electron chi connectivity index (χ0n) is 15.3. The summed E-state index contributed by atoms with van der Waals surface area (Å²) in [5.74, 6) is 0.587. The van der Waals surface area contributed by atoms with Gasteiger partial charge in [-0.2, -0.15) is 5.10 Å². The lowest BCUT2D eigenvalue weighted by atomic mass is 10.1. The summed E-state index contributed by atoms with van der Waals surface area (Å²) in [5.41, 5.74) is 2.11. The van der Waals surface area contributed by atoms with Gasteiger partial charge in [-0.25, -0.2) is 4.99 Å². The van der Waals surface area contributed by atoms with Crippen LogP contribution in [0.2, 0.25) is 0 Å². The molecule has 0 aliphatic carbocycles. The van der Waals surface area contributed by atoms with E-state index in [1.807, 2.05) is 40.8 Å². The Morgan fingerprint density at radius 3 is 2.58 bits per heavy atom. The summed E-state index contributed by atoms with van der Waals surface area (Å²) in [6.07, 6.45) is 3.80. The van der Waals surface area contributed by atoms with Gasteiger partial charge in [0.2, 0.25) is 5.91 Å². The molecule has 1 amide bonds. The van der Waals surface area contributed by atoms with Crippen LogP contribution in [-0.2, 0) is 11.2 Å². The standard InChI is InChI=1S/C16H30N6O.HI/c1-6-17-15(19-11-14(23)21-16(3,4)5)18-9-7-8-13-10-20-22-12(13)2;/h10H,6-9,11H2,1-5H3,(H,20,22)(H,21,23)(H2,17,18,19);1H. The van der Waals surface area contributed by atoms with Crippen molar-refractivity contribution in [3.05, 3.63) is 17.5 Å². The third-order valence-corrected chi connectivity index (χ3v) is 3.09. The van der Waals surface area contributed by atoms with E-state index in [1.54, 1.807) is 0 Å². The van der Waals surface area contributed by atoms with E-state index in [4.69, 9.17) is 0 Å². The van der Waals surface area contributed by atoms with Gasteiger partial charge in [-0.3, -0.25) is 9.89 Å². The van der Waals surface area contributed by atoms with E-state index in [0.717, 1.165) is 31.6 Å². The van der Waals surface area contributed by atoms with Crippen molar-refractivity contribution in [3.8, 4) is 0 Å². The number of aromatic nitrogens is 2. The quantitative estimate of drug-likeness (QED) is 0.220. The number of aromatic amines is 1. The average Bonchev–Trinajstić information content (AvgIpc) is 2.84. The first-order valence-electron chi connectivity index (χ1n) is 8.14. The second kappa shape index (κ2) is 11.3. The first kappa shape index (κ1) is 22.7. The van der Waals surface area contributed by atoms with Crippen LogP contribution in [0.3, 0.4) is 0 Å². The maximum atomic E-state index is 11.8. The molecule has 0 saturated carbocycles. The number of carbonyl (C=O) groups excluding carboxylic acids is 1. The van der Waals surface area contributed by atoms with E-state index in [1.165, 1.54) is 5.56 Å². The Morgan fingerprint density at radius 2 is 2.04 bits per heavy atom. The number of amides is 1. The van der Waals surface area contributed by atoms with Crippen LogP contribution >= 0.6 is 24.0 Å². The molecule has 7 nitrogen and oxygen atoms in total. The summed E-state index contributed by atoms with van der Waals surface area (Å²) in [6, 6.07) is 0. The highest BCUT2D eigenvalue weighted by Gasteiger charge is 2.13. The Morgan fingerprint density at radius 1 is 1.33 bits per heavy atom. The number of hydrogen-bond donors (Lipinski definition) is 4. The molecule has 0 aromatic carbocycles. The molecule has 0 radical (unpaired) electrons. The van der Waals surface area contributed by atoms with E-state index < -0.39 is 0 Å². The molecule has 0 saturated heterocycles. The molecule has 0 bridgehead atoms. The number of nitrogens with one attached hydrogen (secondary N) is 4. The number of halogens is 1. The molecule has 0 aliphatic heterocycles. The van der Waals surface area contributed by atoms with Gasteiger partial charge < -0.3 is 16.0 Å². The van der Waals surface area contributed by atoms with E-state index >= 15 is 0 Å². The predicted octanol–water partition coefficient (Wildman–Crippen LogP) is 1.74. The van der Waals surface area contributed by atoms with Crippen molar-refractivity contribution in [1.82, 2.24) is 26.1 Å². The zero-order valence-corrected chi connectivity index (χ0v) is 17.7. The van der Waals surface area contributed by atoms with Gasteiger partial charge in [-0.05, 0) is 53.0 Å². The first-order chi connectivity index (χ1) is 10.8. The summed E-state index contributed by atoms with van der Waals surface area (Å²) in [4.78, 5) is 16.1. The van der Waals surface area contributed by atoms with Crippen LogP contribution in [0.1, 0.15) is 45.4 Å². The van der Waals surface area contributed by atoms with Crippen molar-refractivity contribution in [1.29, 1.82) is 0 Å². The minimum absolute atomic E-state index is 0. The van der Waals surface area contributed by atoms with Crippen LogP contribution in [0.15, 0.2) is 11.2 Å². The van der Waals surface area contributed by atoms with Gasteiger partial charge >= 0.3 is 0 Å². The highest BCUT2D eigenvalue weighted by atomic mass is 127. The van der Waals surface area contributed by atoms with Gasteiger partial charge in [0.15, 0.2) is 5.96 Å². The third kappa shape index (κ3) is 9.74. The zero-order chi connectivity index (χ0) is 17.3. The summed E-state index contributed by atoms with van der Waals surface area (Å²) >= 11 is 0. The summed E-state index contributed by atoms with van der Waals surface area (Å²) in [6.45, 7) is 11.6. The van der Waals surface area contributed by atoms with Crippen molar-refractivity contribution in [3.63, 3.8) is 0 Å². The van der Waals surface area contributed by atoms with E-state index in [0.29, 0.717) is 5.96 Å². The van der Waals surface area contributed by atoms with Gasteiger partial charge in [-0.1, -0.05) is 0 Å². The Balaban J connectivity index is 0.00000529. The highest BCUT2D eigenvalue weighted by molar-refractivity contribution is 14.0. The molecule has 8 heteroatoms. The van der Waals surface area contributed by atoms with E-state index in [9.17, 15) is 4.79 Å². The number of hydrogen-bond acceptors (Lipinski definition) is 3. The molecule has 0 aliphatic rings. The lowest BCUT2D eigenvalue weighted by Gasteiger charge is -2.20. The molecule has 0 atom stereocenters. The third-order valence-electron chi connectivity index (χ3n) is 3.09. The summed E-state index contributed by atoms with van der Waals surface area (Å²) in [7, 11) is 0. The van der Waals surface area contributed by atoms with Gasteiger partial charge in [-0.15, -0.1) is 24.0 Å². The monoisotopic (exact) mass is 450 g/mol.